The number of hydrogen-bond acceptors (Lipinski definition) is 2. The number of nitrogens with one attached hydrogen (secondary N) is 1. The highest BCUT2D eigenvalue weighted by molar-refractivity contribution is 6.31. The van der Waals surface area contributed by atoms with Gasteiger partial charge in [0.25, 0.3) is 0 Å². The number of anilines is 1. The molecule has 3 rings (SSSR count). The average Bonchev–Trinajstić information content (AvgIpc) is 2.83. The van der Waals surface area contributed by atoms with Crippen LogP contribution < -0.4 is 10.1 Å². The van der Waals surface area contributed by atoms with Gasteiger partial charge >= 0.3 is 0 Å². The van der Waals surface area contributed by atoms with Crippen LogP contribution in [0.4, 0.5) is 10.1 Å². The molecule has 0 spiro atoms. The van der Waals surface area contributed by atoms with Gasteiger partial charge in [0.1, 0.15) is 11.6 Å². The van der Waals surface area contributed by atoms with Gasteiger partial charge in [0.05, 0.1) is 11.6 Å². The zero-order valence-corrected chi connectivity index (χ0v) is 11.0. The van der Waals surface area contributed by atoms with Crippen LogP contribution in [-0.4, -0.2) is 13.2 Å². The van der Waals surface area contributed by atoms with Crippen molar-refractivity contribution >= 4 is 17.3 Å². The molecular weight excluding hydrogens is 265 g/mol. The molecule has 0 fully saturated rings. The predicted molar refractivity (Wildman–Crippen MR) is 74.6 cm³/mol. The Balaban J connectivity index is 1.69. The van der Waals surface area contributed by atoms with Crippen LogP contribution in [0.25, 0.3) is 0 Å². The summed E-state index contributed by atoms with van der Waals surface area (Å²) in [6.07, 6.45) is 0. The third kappa shape index (κ3) is 2.51. The standard InChI is InChI=1S/C15H13ClFNO/c16-13-7-11(5-6-14(13)17)18-8-10-9-19-15-4-2-1-3-12(10)15/h1-7,10,18H,8-9H2. The third-order valence-electron chi connectivity index (χ3n) is 3.27. The van der Waals surface area contributed by atoms with Crippen LogP contribution >= 0.6 is 11.6 Å². The minimum Gasteiger partial charge on any atom is -0.493 e. The van der Waals surface area contributed by atoms with Crippen molar-refractivity contribution in [1.82, 2.24) is 0 Å². The highest BCUT2D eigenvalue weighted by Crippen LogP contribution is 2.33. The monoisotopic (exact) mass is 277 g/mol. The lowest BCUT2D eigenvalue weighted by Gasteiger charge is -2.12. The van der Waals surface area contributed by atoms with Crippen LogP contribution in [0.2, 0.25) is 5.02 Å². The Morgan fingerprint density at radius 3 is 2.95 bits per heavy atom. The van der Waals surface area contributed by atoms with Crippen molar-refractivity contribution < 1.29 is 9.13 Å². The van der Waals surface area contributed by atoms with Crippen molar-refractivity contribution in [1.29, 1.82) is 0 Å². The largest absolute Gasteiger partial charge is 0.493 e. The number of ether oxygens (including phenoxy) is 1. The van der Waals surface area contributed by atoms with Crippen molar-refractivity contribution in [2.45, 2.75) is 5.92 Å². The maximum Gasteiger partial charge on any atom is 0.141 e. The number of rotatable bonds is 3. The molecule has 0 amide bonds. The number of benzene rings is 2. The summed E-state index contributed by atoms with van der Waals surface area (Å²) in [5, 5.41) is 3.40. The van der Waals surface area contributed by atoms with E-state index in [1.165, 1.54) is 11.6 Å². The molecule has 19 heavy (non-hydrogen) atoms. The fraction of sp³-hybridized carbons (Fsp3) is 0.200. The first kappa shape index (κ1) is 12.3. The van der Waals surface area contributed by atoms with E-state index in [2.05, 4.69) is 11.4 Å². The summed E-state index contributed by atoms with van der Waals surface area (Å²) in [7, 11) is 0. The molecule has 98 valence electrons. The summed E-state index contributed by atoms with van der Waals surface area (Å²) in [5.41, 5.74) is 2.03. The zero-order chi connectivity index (χ0) is 13.2. The van der Waals surface area contributed by atoms with E-state index in [0.29, 0.717) is 12.5 Å². The Bertz CT molecular complexity index is 602. The van der Waals surface area contributed by atoms with E-state index in [9.17, 15) is 4.39 Å². The summed E-state index contributed by atoms with van der Waals surface area (Å²) >= 11 is 5.75. The first-order valence-electron chi connectivity index (χ1n) is 6.14. The van der Waals surface area contributed by atoms with Crippen molar-refractivity contribution in [3.63, 3.8) is 0 Å². The van der Waals surface area contributed by atoms with E-state index in [4.69, 9.17) is 16.3 Å². The first-order valence-corrected chi connectivity index (χ1v) is 6.52. The van der Waals surface area contributed by atoms with Crippen LogP contribution in [0, 0.1) is 5.82 Å². The zero-order valence-electron chi connectivity index (χ0n) is 10.2. The smallest absolute Gasteiger partial charge is 0.141 e. The van der Waals surface area contributed by atoms with Crippen LogP contribution in [0.1, 0.15) is 11.5 Å². The summed E-state index contributed by atoms with van der Waals surface area (Å²) in [5.74, 6) is 0.855. The van der Waals surface area contributed by atoms with Crippen LogP contribution in [-0.2, 0) is 0 Å². The maximum absolute atomic E-state index is 13.1. The van der Waals surface area contributed by atoms with E-state index in [1.54, 1.807) is 12.1 Å². The molecule has 1 atom stereocenters. The van der Waals surface area contributed by atoms with E-state index in [1.807, 2.05) is 18.2 Å². The van der Waals surface area contributed by atoms with Gasteiger partial charge in [-0.2, -0.15) is 0 Å². The summed E-state index contributed by atoms with van der Waals surface area (Å²) in [4.78, 5) is 0. The van der Waals surface area contributed by atoms with Gasteiger partial charge in [-0.25, -0.2) is 4.39 Å². The molecule has 1 N–H and O–H groups in total. The number of hydrogen-bond donors (Lipinski definition) is 1. The van der Waals surface area contributed by atoms with Gasteiger partial charge in [0.2, 0.25) is 0 Å². The second-order valence-corrected chi connectivity index (χ2v) is 4.96. The summed E-state index contributed by atoms with van der Waals surface area (Å²) in [6, 6.07) is 12.7. The van der Waals surface area contributed by atoms with Crippen molar-refractivity contribution in [3.05, 3.63) is 58.9 Å². The lowest BCUT2D eigenvalue weighted by atomic mass is 10.0. The fourth-order valence-corrected chi connectivity index (χ4v) is 2.43. The molecule has 0 saturated carbocycles. The van der Waals surface area contributed by atoms with Gasteiger partial charge < -0.3 is 10.1 Å². The minimum atomic E-state index is -0.401. The minimum absolute atomic E-state index is 0.132. The van der Waals surface area contributed by atoms with E-state index in [-0.39, 0.29) is 5.02 Å². The number of fused-ring (bicyclic) bond motifs is 1. The van der Waals surface area contributed by atoms with Crippen LogP contribution in [0.3, 0.4) is 0 Å². The molecular formula is C15H13ClFNO. The lowest BCUT2D eigenvalue weighted by molar-refractivity contribution is 0.334. The molecule has 1 aliphatic heterocycles. The molecule has 1 unspecified atom stereocenters. The Labute approximate surface area is 116 Å². The average molecular weight is 278 g/mol. The molecule has 0 radical (unpaired) electrons. The van der Waals surface area contributed by atoms with E-state index in [0.717, 1.165) is 18.0 Å². The molecule has 0 aliphatic carbocycles. The Hall–Kier alpha value is -1.74. The Kier molecular flexibility index (Phi) is 3.30. The molecule has 4 heteroatoms. The van der Waals surface area contributed by atoms with Crippen LogP contribution in [0.5, 0.6) is 5.75 Å². The number of halogens is 2. The van der Waals surface area contributed by atoms with Gasteiger partial charge in [0.15, 0.2) is 0 Å². The molecule has 1 aliphatic rings. The second-order valence-electron chi connectivity index (χ2n) is 4.56. The lowest BCUT2D eigenvalue weighted by Crippen LogP contribution is -2.13. The van der Waals surface area contributed by atoms with Gasteiger partial charge in [-0.1, -0.05) is 29.8 Å². The molecule has 2 nitrogen and oxygen atoms in total. The van der Waals surface area contributed by atoms with Crippen LogP contribution in [0.15, 0.2) is 42.5 Å². The quantitative estimate of drug-likeness (QED) is 0.913. The molecule has 1 heterocycles. The van der Waals surface area contributed by atoms with Crippen molar-refractivity contribution in [2.24, 2.45) is 0 Å². The summed E-state index contributed by atoms with van der Waals surface area (Å²) < 4.78 is 18.7. The SMILES string of the molecule is Fc1ccc(NCC2COc3ccccc32)cc1Cl. The Morgan fingerprint density at radius 2 is 2.11 bits per heavy atom. The highest BCUT2D eigenvalue weighted by atomic mass is 35.5. The van der Waals surface area contributed by atoms with Gasteiger partial charge in [-0.15, -0.1) is 0 Å². The highest BCUT2D eigenvalue weighted by Gasteiger charge is 2.23. The van der Waals surface area contributed by atoms with Crippen molar-refractivity contribution in [3.8, 4) is 5.75 Å². The van der Waals surface area contributed by atoms with Crippen molar-refractivity contribution in [2.75, 3.05) is 18.5 Å². The molecule has 2 aromatic carbocycles. The fourth-order valence-electron chi connectivity index (χ4n) is 2.25. The summed E-state index contributed by atoms with van der Waals surface area (Å²) in [6.45, 7) is 1.40. The molecule has 0 bridgehead atoms. The first-order chi connectivity index (χ1) is 9.24. The van der Waals surface area contributed by atoms with Gasteiger partial charge in [-0.3, -0.25) is 0 Å². The molecule has 0 aromatic heterocycles. The number of para-hydroxylation sites is 1. The normalized spacial score (nSPS) is 16.8. The van der Waals surface area contributed by atoms with Gasteiger partial charge in [-0.05, 0) is 24.3 Å². The maximum atomic E-state index is 13.1. The molecule has 0 saturated heterocycles. The molecule has 2 aromatic rings. The van der Waals surface area contributed by atoms with Gasteiger partial charge in [0, 0.05) is 23.7 Å². The van der Waals surface area contributed by atoms with E-state index < -0.39 is 5.82 Å². The third-order valence-corrected chi connectivity index (χ3v) is 3.56. The Morgan fingerprint density at radius 1 is 1.26 bits per heavy atom. The predicted octanol–water partition coefficient (Wildman–Crippen LogP) is 4.07. The topological polar surface area (TPSA) is 21.3 Å². The second kappa shape index (κ2) is 5.10. The van der Waals surface area contributed by atoms with E-state index >= 15 is 0 Å².